The highest BCUT2D eigenvalue weighted by molar-refractivity contribution is 5.93. The molecule has 1 aliphatic carbocycles. The van der Waals surface area contributed by atoms with Gasteiger partial charge in [0.05, 0.1) is 35.7 Å². The molecule has 5 rings (SSSR count). The molecule has 41 heavy (non-hydrogen) atoms. The van der Waals surface area contributed by atoms with Crippen LogP contribution in [0.3, 0.4) is 0 Å². The molecule has 3 atom stereocenters. The third-order valence-electron chi connectivity index (χ3n) is 7.75. The van der Waals surface area contributed by atoms with Gasteiger partial charge in [0, 0.05) is 37.6 Å². The third kappa shape index (κ3) is 6.30. The molecular weight excluding hydrogens is 555 g/mol. The molecule has 2 fully saturated rings. The minimum atomic E-state index is -4.43. The van der Waals surface area contributed by atoms with Crippen LogP contribution in [-0.4, -0.2) is 60.4 Å². The van der Waals surface area contributed by atoms with E-state index in [-0.39, 0.29) is 67.5 Å². The summed E-state index contributed by atoms with van der Waals surface area (Å²) >= 11 is 0. The number of fused-ring (bicyclic) bond motifs is 1. The van der Waals surface area contributed by atoms with Crippen LogP contribution >= 0.6 is 0 Å². The van der Waals surface area contributed by atoms with Crippen LogP contribution in [0.5, 0.6) is 0 Å². The second-order valence-corrected chi connectivity index (χ2v) is 11.1. The number of alkyl halides is 5. The Hall–Kier alpha value is -3.72. The Kier molecular flexibility index (Phi) is 7.68. The number of hydrogen-bond donors (Lipinski definition) is 2. The number of carbonyl (C=O) groups is 2. The molecule has 3 aromatic heterocycles. The fourth-order valence-electron chi connectivity index (χ4n) is 5.43. The van der Waals surface area contributed by atoms with Crippen molar-refractivity contribution in [1.82, 2.24) is 40.5 Å². The molecule has 2 aliphatic rings. The zero-order valence-corrected chi connectivity index (χ0v) is 22.3. The van der Waals surface area contributed by atoms with E-state index >= 15 is 0 Å². The van der Waals surface area contributed by atoms with E-state index in [0.717, 1.165) is 0 Å². The molecule has 0 unspecified atom stereocenters. The van der Waals surface area contributed by atoms with Gasteiger partial charge in [0.1, 0.15) is 5.69 Å². The first-order chi connectivity index (χ1) is 19.3. The van der Waals surface area contributed by atoms with Gasteiger partial charge in [-0.15, -0.1) is 0 Å². The Labute approximate surface area is 230 Å². The molecule has 2 amide bonds. The van der Waals surface area contributed by atoms with Crippen LogP contribution in [-0.2, 0) is 11.2 Å². The number of nitrogens with one attached hydrogen (secondary N) is 2. The van der Waals surface area contributed by atoms with Crippen molar-refractivity contribution in [2.24, 2.45) is 17.8 Å². The molecule has 0 radical (unpaired) electrons. The maximum Gasteiger partial charge on any atom is 0.393 e. The molecule has 0 aromatic carbocycles. The second kappa shape index (κ2) is 10.9. The van der Waals surface area contributed by atoms with E-state index < -0.39 is 48.3 Å². The number of hydrogen-bond acceptors (Lipinski definition) is 8. The van der Waals surface area contributed by atoms with Gasteiger partial charge < -0.3 is 10.6 Å². The minimum absolute atomic E-state index is 0.0173. The average Bonchev–Trinajstić information content (AvgIpc) is 3.55. The predicted molar refractivity (Wildman–Crippen MR) is 131 cm³/mol. The van der Waals surface area contributed by atoms with Crippen molar-refractivity contribution in [3.63, 3.8) is 0 Å². The average molecular weight is 585 g/mol. The normalized spacial score (nSPS) is 22.6. The number of amides is 2. The number of carbonyl (C=O) groups excluding carboxylic acids is 2. The summed E-state index contributed by atoms with van der Waals surface area (Å²) in [6.45, 7) is 3.17. The number of piperidine rings is 1. The number of imidazole rings is 1. The molecular formula is C25H29F5N8O3. The quantitative estimate of drug-likeness (QED) is 0.400. The lowest BCUT2D eigenvalue weighted by Gasteiger charge is -2.33. The maximum absolute atomic E-state index is 13.9. The van der Waals surface area contributed by atoms with Crippen molar-refractivity contribution >= 4 is 17.6 Å². The van der Waals surface area contributed by atoms with E-state index in [0.29, 0.717) is 11.4 Å². The SMILES string of the molecule is CC(C)c1nonc1C(=O)N[C@H](c1cn2nc(C[C@H]3C[C@@H](C(F)(F)F)CNC3=O)cnc2n1)C1CCC(F)(F)CC1. The van der Waals surface area contributed by atoms with Gasteiger partial charge in [-0.1, -0.05) is 19.0 Å². The van der Waals surface area contributed by atoms with Gasteiger partial charge in [-0.05, 0) is 30.3 Å². The van der Waals surface area contributed by atoms with Crippen molar-refractivity contribution in [2.45, 2.75) is 76.4 Å². The summed E-state index contributed by atoms with van der Waals surface area (Å²) in [5, 5.41) is 17.1. The lowest BCUT2D eigenvalue weighted by atomic mass is 9.81. The van der Waals surface area contributed by atoms with Crippen molar-refractivity contribution < 1.29 is 36.2 Å². The molecule has 11 nitrogen and oxygen atoms in total. The Morgan fingerprint density at radius 1 is 1.24 bits per heavy atom. The zero-order valence-electron chi connectivity index (χ0n) is 22.3. The van der Waals surface area contributed by atoms with Gasteiger partial charge in [-0.2, -0.15) is 18.3 Å². The minimum Gasteiger partial charge on any atom is -0.355 e. The smallest absolute Gasteiger partial charge is 0.355 e. The molecule has 4 heterocycles. The molecule has 1 saturated heterocycles. The topological polar surface area (TPSA) is 140 Å². The molecule has 0 bridgehead atoms. The van der Waals surface area contributed by atoms with E-state index in [1.807, 2.05) is 13.8 Å². The van der Waals surface area contributed by atoms with Crippen LogP contribution < -0.4 is 10.6 Å². The van der Waals surface area contributed by atoms with Crippen molar-refractivity contribution in [2.75, 3.05) is 6.54 Å². The van der Waals surface area contributed by atoms with E-state index in [2.05, 4.69) is 36.0 Å². The Morgan fingerprint density at radius 3 is 2.66 bits per heavy atom. The summed E-state index contributed by atoms with van der Waals surface area (Å²) in [5.41, 5.74) is 0.925. The number of halogens is 5. The first-order valence-electron chi connectivity index (χ1n) is 13.4. The number of nitrogens with zero attached hydrogens (tertiary/aromatic N) is 6. The van der Waals surface area contributed by atoms with E-state index in [9.17, 15) is 31.5 Å². The fraction of sp³-hybridized carbons (Fsp3) is 0.640. The van der Waals surface area contributed by atoms with Crippen LogP contribution in [0.2, 0.25) is 0 Å². The van der Waals surface area contributed by atoms with Crippen molar-refractivity contribution in [1.29, 1.82) is 0 Å². The van der Waals surface area contributed by atoms with Gasteiger partial charge in [0.25, 0.3) is 11.7 Å². The molecule has 222 valence electrons. The molecule has 16 heteroatoms. The van der Waals surface area contributed by atoms with Gasteiger partial charge >= 0.3 is 6.18 Å². The molecule has 2 N–H and O–H groups in total. The molecule has 3 aromatic rings. The number of rotatable bonds is 7. The molecule has 1 aliphatic heterocycles. The molecule has 0 spiro atoms. The van der Waals surface area contributed by atoms with E-state index in [1.165, 1.54) is 16.9 Å². The Balaban J connectivity index is 1.40. The summed E-state index contributed by atoms with van der Waals surface area (Å²) in [7, 11) is 0. The first-order valence-corrected chi connectivity index (χ1v) is 13.4. The maximum atomic E-state index is 13.9. The van der Waals surface area contributed by atoms with Gasteiger partial charge in [0.15, 0.2) is 5.69 Å². The van der Waals surface area contributed by atoms with Gasteiger partial charge in [-0.3, -0.25) is 9.59 Å². The van der Waals surface area contributed by atoms with Gasteiger partial charge in [0.2, 0.25) is 11.8 Å². The standard InChI is InChI=1S/C25H29F5N8O3/c1-12(2)18-20(37-41-36-18)22(40)34-19(13-3-5-24(26,27)6-4-13)17-11-38-23(33-17)32-10-16(35-38)8-14-7-15(25(28,29)30)9-31-21(14)39/h10-15,19H,3-9H2,1-2H3,(H,31,39)(H,34,40)/t14-,15-,19+/m1/s1. The summed E-state index contributed by atoms with van der Waals surface area (Å²) in [6.07, 6.45) is -2.46. The third-order valence-corrected chi connectivity index (χ3v) is 7.75. The van der Waals surface area contributed by atoms with E-state index in [4.69, 9.17) is 4.63 Å². The summed E-state index contributed by atoms with van der Waals surface area (Å²) in [5.74, 6) is -6.87. The van der Waals surface area contributed by atoms with Crippen LogP contribution in [0.15, 0.2) is 17.0 Å². The monoisotopic (exact) mass is 584 g/mol. The van der Waals surface area contributed by atoms with Gasteiger partial charge in [-0.25, -0.2) is 27.9 Å². The summed E-state index contributed by atoms with van der Waals surface area (Å²) < 4.78 is 73.6. The van der Waals surface area contributed by atoms with Crippen LogP contribution in [0.25, 0.3) is 5.78 Å². The first kappa shape index (κ1) is 28.8. The predicted octanol–water partition coefficient (Wildman–Crippen LogP) is 3.78. The zero-order chi connectivity index (χ0) is 29.5. The van der Waals surface area contributed by atoms with Crippen molar-refractivity contribution in [3.05, 3.63) is 35.2 Å². The fourth-order valence-corrected chi connectivity index (χ4v) is 5.43. The summed E-state index contributed by atoms with van der Waals surface area (Å²) in [4.78, 5) is 34.2. The lowest BCUT2D eigenvalue weighted by molar-refractivity contribution is -0.183. The van der Waals surface area contributed by atoms with Crippen LogP contribution in [0.1, 0.15) is 85.5 Å². The highest BCUT2D eigenvalue weighted by atomic mass is 19.4. The van der Waals surface area contributed by atoms with Crippen molar-refractivity contribution in [3.8, 4) is 0 Å². The van der Waals surface area contributed by atoms with Crippen LogP contribution in [0, 0.1) is 17.8 Å². The highest BCUT2D eigenvalue weighted by Gasteiger charge is 2.45. The highest BCUT2D eigenvalue weighted by Crippen LogP contribution is 2.41. The Bertz CT molecular complexity index is 1410. The van der Waals surface area contributed by atoms with Crippen LogP contribution in [0.4, 0.5) is 22.0 Å². The largest absolute Gasteiger partial charge is 0.393 e. The Morgan fingerprint density at radius 2 is 1.98 bits per heavy atom. The second-order valence-electron chi connectivity index (χ2n) is 11.1. The lowest BCUT2D eigenvalue weighted by Crippen LogP contribution is -2.47. The van der Waals surface area contributed by atoms with E-state index in [1.54, 1.807) is 0 Å². The summed E-state index contributed by atoms with van der Waals surface area (Å²) in [6, 6.07) is -0.793. The number of aromatic nitrogens is 6. The molecule has 1 saturated carbocycles.